The van der Waals surface area contributed by atoms with Crippen molar-refractivity contribution in [2.45, 2.75) is 44.9 Å². The minimum absolute atomic E-state index is 0.0175. The molecule has 1 saturated heterocycles. The number of nitrogens with zero attached hydrogens (tertiary/aromatic N) is 4. The standard InChI is InChI=1S/C23H30N4O4S/c1-14(2)22-24-23(32-25-22)26(3)21(29)12-27-11-17(10-20(27)28)16-7-8-18(30-4)19(9-16)31-13-15-5-6-15/h7-9,14-15,17H,5-6,10-13H2,1-4H3/t17-/m1/s1. The number of hydrogen-bond donors (Lipinski definition) is 0. The Labute approximate surface area is 192 Å². The van der Waals surface area contributed by atoms with Crippen molar-refractivity contribution in [3.8, 4) is 11.5 Å². The van der Waals surface area contributed by atoms with E-state index in [0.29, 0.717) is 36.4 Å². The zero-order chi connectivity index (χ0) is 22.8. The molecule has 0 bridgehead atoms. The Morgan fingerprint density at radius 1 is 1.31 bits per heavy atom. The van der Waals surface area contributed by atoms with Gasteiger partial charge in [0.2, 0.25) is 16.9 Å². The molecule has 1 atom stereocenters. The Kier molecular flexibility index (Phi) is 6.64. The molecule has 0 N–H and O–H groups in total. The summed E-state index contributed by atoms with van der Waals surface area (Å²) < 4.78 is 15.7. The first-order valence-corrected chi connectivity index (χ1v) is 11.8. The molecule has 1 aliphatic heterocycles. The third-order valence-corrected chi connectivity index (χ3v) is 6.79. The lowest BCUT2D eigenvalue weighted by molar-refractivity contribution is -0.132. The Balaban J connectivity index is 1.40. The fourth-order valence-electron chi connectivity index (χ4n) is 3.67. The van der Waals surface area contributed by atoms with Gasteiger partial charge in [-0.05, 0) is 36.5 Å². The van der Waals surface area contributed by atoms with E-state index in [0.717, 1.165) is 17.1 Å². The number of ether oxygens (including phenoxy) is 2. The number of carbonyl (C=O) groups is 2. The van der Waals surface area contributed by atoms with E-state index < -0.39 is 0 Å². The molecule has 4 rings (SSSR count). The predicted molar refractivity (Wildman–Crippen MR) is 123 cm³/mol. The predicted octanol–water partition coefficient (Wildman–Crippen LogP) is 3.44. The molecule has 1 aromatic heterocycles. The maximum absolute atomic E-state index is 12.8. The SMILES string of the molecule is COc1ccc([C@@H]2CC(=O)N(CC(=O)N(C)c3nc(C(C)C)ns3)C2)cc1OCC1CC1. The number of likely N-dealkylation sites (N-methyl/N-ethyl adjacent to an activating group) is 1. The summed E-state index contributed by atoms with van der Waals surface area (Å²) >= 11 is 1.20. The third-order valence-electron chi connectivity index (χ3n) is 5.98. The van der Waals surface area contributed by atoms with Gasteiger partial charge in [0.1, 0.15) is 12.4 Å². The van der Waals surface area contributed by atoms with E-state index in [1.807, 2.05) is 32.0 Å². The van der Waals surface area contributed by atoms with Crippen molar-refractivity contribution in [3.63, 3.8) is 0 Å². The number of aromatic nitrogens is 2. The Hall–Kier alpha value is -2.68. The molecule has 2 amide bonds. The van der Waals surface area contributed by atoms with Crippen molar-refractivity contribution < 1.29 is 19.1 Å². The first kappa shape index (κ1) is 22.5. The van der Waals surface area contributed by atoms with E-state index in [9.17, 15) is 9.59 Å². The molecule has 172 valence electrons. The van der Waals surface area contributed by atoms with Gasteiger partial charge < -0.3 is 14.4 Å². The monoisotopic (exact) mass is 458 g/mol. The first-order valence-electron chi connectivity index (χ1n) is 11.0. The highest BCUT2D eigenvalue weighted by Crippen LogP contribution is 2.37. The Bertz CT molecular complexity index is 988. The van der Waals surface area contributed by atoms with Crippen LogP contribution in [-0.4, -0.2) is 59.9 Å². The Morgan fingerprint density at radius 2 is 2.09 bits per heavy atom. The summed E-state index contributed by atoms with van der Waals surface area (Å²) in [5.74, 6) is 2.81. The van der Waals surface area contributed by atoms with Gasteiger partial charge in [0.05, 0.1) is 13.7 Å². The second-order valence-corrected chi connectivity index (χ2v) is 9.61. The number of benzene rings is 1. The number of anilines is 1. The van der Waals surface area contributed by atoms with Gasteiger partial charge in [-0.2, -0.15) is 4.37 Å². The van der Waals surface area contributed by atoms with Crippen molar-refractivity contribution in [3.05, 3.63) is 29.6 Å². The van der Waals surface area contributed by atoms with Crippen molar-refractivity contribution in [1.29, 1.82) is 0 Å². The van der Waals surface area contributed by atoms with Gasteiger partial charge in [-0.25, -0.2) is 4.98 Å². The van der Waals surface area contributed by atoms with Crippen LogP contribution in [0.5, 0.6) is 11.5 Å². The van der Waals surface area contributed by atoms with Gasteiger partial charge in [-0.1, -0.05) is 19.9 Å². The largest absolute Gasteiger partial charge is 0.493 e. The number of hydrogen-bond acceptors (Lipinski definition) is 7. The van der Waals surface area contributed by atoms with E-state index in [4.69, 9.17) is 9.47 Å². The summed E-state index contributed by atoms with van der Waals surface area (Å²) in [7, 11) is 3.31. The van der Waals surface area contributed by atoms with E-state index in [-0.39, 0.29) is 30.2 Å². The molecular formula is C23H30N4O4S. The molecule has 2 fully saturated rings. The number of methoxy groups -OCH3 is 1. The first-order chi connectivity index (χ1) is 15.4. The number of rotatable bonds is 9. The zero-order valence-electron chi connectivity index (χ0n) is 19.0. The fourth-order valence-corrected chi connectivity index (χ4v) is 4.46. The van der Waals surface area contributed by atoms with Gasteiger partial charge in [-0.15, -0.1) is 0 Å². The van der Waals surface area contributed by atoms with Crippen molar-refractivity contribution in [2.75, 3.05) is 38.8 Å². The molecule has 9 heteroatoms. The van der Waals surface area contributed by atoms with Crippen LogP contribution >= 0.6 is 11.5 Å². The summed E-state index contributed by atoms with van der Waals surface area (Å²) in [6.45, 7) is 5.25. The minimum atomic E-state index is -0.173. The number of carbonyl (C=O) groups excluding carboxylic acids is 2. The van der Waals surface area contributed by atoms with Gasteiger partial charge in [0.15, 0.2) is 11.5 Å². The van der Waals surface area contributed by atoms with Gasteiger partial charge in [0, 0.05) is 43.4 Å². The van der Waals surface area contributed by atoms with Crippen LogP contribution in [0.4, 0.5) is 5.13 Å². The maximum atomic E-state index is 12.8. The summed E-state index contributed by atoms with van der Waals surface area (Å²) in [6.07, 6.45) is 2.81. The van der Waals surface area contributed by atoms with Crippen LogP contribution in [0.25, 0.3) is 0 Å². The maximum Gasteiger partial charge on any atom is 0.248 e. The molecule has 0 radical (unpaired) electrons. The number of amides is 2. The zero-order valence-corrected chi connectivity index (χ0v) is 19.9. The van der Waals surface area contributed by atoms with Crippen LogP contribution in [0.2, 0.25) is 0 Å². The second kappa shape index (κ2) is 9.44. The molecule has 2 heterocycles. The van der Waals surface area contributed by atoms with Crippen LogP contribution in [0.3, 0.4) is 0 Å². The molecular weight excluding hydrogens is 428 g/mol. The van der Waals surface area contributed by atoms with Gasteiger partial charge >= 0.3 is 0 Å². The lowest BCUT2D eigenvalue weighted by Crippen LogP contribution is -2.39. The fraction of sp³-hybridized carbons (Fsp3) is 0.565. The Morgan fingerprint density at radius 3 is 2.75 bits per heavy atom. The summed E-state index contributed by atoms with van der Waals surface area (Å²) in [4.78, 5) is 33.0. The average molecular weight is 459 g/mol. The second-order valence-electron chi connectivity index (χ2n) is 8.88. The van der Waals surface area contributed by atoms with E-state index >= 15 is 0 Å². The molecule has 0 spiro atoms. The summed E-state index contributed by atoms with van der Waals surface area (Å²) in [5.41, 5.74) is 1.03. The van der Waals surface area contributed by atoms with Gasteiger partial charge in [-0.3, -0.25) is 14.5 Å². The smallest absolute Gasteiger partial charge is 0.248 e. The lowest BCUT2D eigenvalue weighted by Gasteiger charge is -2.20. The molecule has 8 nitrogen and oxygen atoms in total. The van der Waals surface area contributed by atoms with Crippen molar-refractivity contribution in [2.24, 2.45) is 5.92 Å². The van der Waals surface area contributed by atoms with E-state index in [2.05, 4.69) is 9.36 Å². The molecule has 1 aromatic carbocycles. The summed E-state index contributed by atoms with van der Waals surface area (Å²) in [5, 5.41) is 0.550. The topological polar surface area (TPSA) is 84.9 Å². The molecule has 1 saturated carbocycles. The summed E-state index contributed by atoms with van der Waals surface area (Å²) in [6, 6.07) is 5.85. The highest BCUT2D eigenvalue weighted by Gasteiger charge is 2.33. The van der Waals surface area contributed by atoms with Crippen LogP contribution in [0.1, 0.15) is 56.3 Å². The van der Waals surface area contributed by atoms with Crippen LogP contribution in [0, 0.1) is 5.92 Å². The van der Waals surface area contributed by atoms with Crippen molar-refractivity contribution >= 4 is 28.5 Å². The van der Waals surface area contributed by atoms with E-state index in [1.165, 1.54) is 29.3 Å². The van der Waals surface area contributed by atoms with Crippen LogP contribution in [-0.2, 0) is 9.59 Å². The van der Waals surface area contributed by atoms with Gasteiger partial charge in [0.25, 0.3) is 0 Å². The van der Waals surface area contributed by atoms with Crippen LogP contribution in [0.15, 0.2) is 18.2 Å². The van der Waals surface area contributed by atoms with E-state index in [1.54, 1.807) is 19.1 Å². The average Bonchev–Trinajstić information content (AvgIpc) is 3.34. The molecule has 0 unspecified atom stereocenters. The lowest BCUT2D eigenvalue weighted by atomic mass is 9.98. The molecule has 32 heavy (non-hydrogen) atoms. The van der Waals surface area contributed by atoms with Crippen LogP contribution < -0.4 is 14.4 Å². The number of likely N-dealkylation sites (tertiary alicyclic amines) is 1. The highest BCUT2D eigenvalue weighted by molar-refractivity contribution is 7.09. The molecule has 1 aliphatic carbocycles. The molecule has 2 aromatic rings. The normalized spacial score (nSPS) is 18.3. The third kappa shape index (κ3) is 5.03. The molecule has 2 aliphatic rings. The van der Waals surface area contributed by atoms with Crippen molar-refractivity contribution in [1.82, 2.24) is 14.3 Å². The highest BCUT2D eigenvalue weighted by atomic mass is 32.1. The quantitative estimate of drug-likeness (QED) is 0.572. The minimum Gasteiger partial charge on any atom is -0.493 e.